The Balaban J connectivity index is 1.68. The number of nitrogens with one attached hydrogen (secondary N) is 2. The van der Waals surface area contributed by atoms with Crippen molar-refractivity contribution in [3.05, 3.63) is 35.9 Å². The highest BCUT2D eigenvalue weighted by Crippen LogP contribution is 2.08. The molecule has 1 fully saturated rings. The van der Waals surface area contributed by atoms with E-state index in [1.54, 1.807) is 0 Å². The molecule has 1 aromatic carbocycles. The Kier molecular flexibility index (Phi) is 5.59. The molecule has 1 aliphatic heterocycles. The van der Waals surface area contributed by atoms with Crippen LogP contribution in [0.25, 0.3) is 0 Å². The third kappa shape index (κ3) is 5.03. The van der Waals surface area contributed by atoms with Crippen molar-refractivity contribution < 1.29 is 9.59 Å². The van der Waals surface area contributed by atoms with Gasteiger partial charge in [-0.25, -0.2) is 0 Å². The van der Waals surface area contributed by atoms with Crippen LogP contribution in [0, 0.1) is 0 Å². The Bertz CT molecular complexity index is 445. The maximum absolute atomic E-state index is 11.9. The summed E-state index contributed by atoms with van der Waals surface area (Å²) < 4.78 is 0. The molecule has 1 aromatic rings. The summed E-state index contributed by atoms with van der Waals surface area (Å²) >= 11 is 0. The van der Waals surface area contributed by atoms with Gasteiger partial charge in [-0.15, -0.1) is 0 Å². The molecular formula is C16H22N2O2. The molecule has 1 atom stereocenters. The van der Waals surface area contributed by atoms with Gasteiger partial charge in [0.1, 0.15) is 0 Å². The van der Waals surface area contributed by atoms with Crippen LogP contribution in [0.2, 0.25) is 0 Å². The van der Waals surface area contributed by atoms with E-state index in [4.69, 9.17) is 0 Å². The zero-order valence-corrected chi connectivity index (χ0v) is 11.7. The third-order valence-corrected chi connectivity index (χ3v) is 3.56. The molecule has 0 spiro atoms. The maximum atomic E-state index is 11.9. The van der Waals surface area contributed by atoms with E-state index < -0.39 is 0 Å². The number of hydrogen-bond acceptors (Lipinski definition) is 2. The smallest absolute Gasteiger partial charge is 0.222 e. The minimum absolute atomic E-state index is 0.00160. The van der Waals surface area contributed by atoms with Gasteiger partial charge in [-0.05, 0) is 31.2 Å². The molecule has 4 heteroatoms. The molecule has 0 bridgehead atoms. The molecule has 108 valence electrons. The molecule has 2 amide bonds. The Labute approximate surface area is 119 Å². The van der Waals surface area contributed by atoms with Gasteiger partial charge < -0.3 is 10.6 Å². The third-order valence-electron chi connectivity index (χ3n) is 3.56. The molecule has 1 aliphatic rings. The van der Waals surface area contributed by atoms with Crippen molar-refractivity contribution in [2.24, 2.45) is 0 Å². The molecule has 0 aromatic heterocycles. The second-order valence-electron chi connectivity index (χ2n) is 5.30. The predicted octanol–water partition coefficient (Wildman–Crippen LogP) is 1.79. The van der Waals surface area contributed by atoms with Gasteiger partial charge in [-0.1, -0.05) is 30.3 Å². The first-order valence-electron chi connectivity index (χ1n) is 7.34. The van der Waals surface area contributed by atoms with Gasteiger partial charge in [0.25, 0.3) is 0 Å². The van der Waals surface area contributed by atoms with Crippen molar-refractivity contribution in [2.45, 2.75) is 44.6 Å². The van der Waals surface area contributed by atoms with Crippen LogP contribution in [-0.2, 0) is 16.0 Å². The van der Waals surface area contributed by atoms with Gasteiger partial charge in [-0.2, -0.15) is 0 Å². The van der Waals surface area contributed by atoms with Gasteiger partial charge in [0.2, 0.25) is 11.8 Å². The molecule has 20 heavy (non-hydrogen) atoms. The summed E-state index contributed by atoms with van der Waals surface area (Å²) in [4.78, 5) is 23.3. The number of aryl methyl sites for hydroxylation is 1. The highest BCUT2D eigenvalue weighted by atomic mass is 16.2. The van der Waals surface area contributed by atoms with E-state index in [0.717, 1.165) is 32.2 Å². The second kappa shape index (κ2) is 7.68. The second-order valence-corrected chi connectivity index (χ2v) is 5.30. The fraction of sp³-hybridized carbons (Fsp3) is 0.500. The monoisotopic (exact) mass is 274 g/mol. The molecule has 0 aliphatic carbocycles. The normalized spacial score (nSPS) is 19.0. The zero-order valence-electron chi connectivity index (χ0n) is 11.7. The van der Waals surface area contributed by atoms with Crippen LogP contribution in [0.15, 0.2) is 30.3 Å². The van der Waals surface area contributed by atoms with Gasteiger partial charge in [0.15, 0.2) is 0 Å². The number of carbonyl (C=O) groups is 2. The standard InChI is InChI=1S/C16H22N2O2/c19-15(10-4-8-13-6-2-1-3-7-13)18-14-9-5-11-17-16(20)12-14/h1-3,6-7,14H,4-5,8-12H2,(H,17,20)(H,18,19)/t14-/m0/s1. The highest BCUT2D eigenvalue weighted by Gasteiger charge is 2.18. The van der Waals surface area contributed by atoms with Crippen LogP contribution in [0.1, 0.15) is 37.7 Å². The van der Waals surface area contributed by atoms with Crippen molar-refractivity contribution in [2.75, 3.05) is 6.54 Å². The van der Waals surface area contributed by atoms with Gasteiger partial charge >= 0.3 is 0 Å². The lowest BCUT2D eigenvalue weighted by Gasteiger charge is -2.15. The Morgan fingerprint density at radius 1 is 1.30 bits per heavy atom. The minimum atomic E-state index is 0.00160. The average Bonchev–Trinajstić information content (AvgIpc) is 2.64. The summed E-state index contributed by atoms with van der Waals surface area (Å²) in [6.45, 7) is 0.721. The van der Waals surface area contributed by atoms with E-state index in [1.165, 1.54) is 5.56 Å². The molecule has 0 unspecified atom stereocenters. The van der Waals surface area contributed by atoms with Crippen LogP contribution >= 0.6 is 0 Å². The molecule has 1 saturated heterocycles. The molecule has 0 saturated carbocycles. The van der Waals surface area contributed by atoms with E-state index in [-0.39, 0.29) is 17.9 Å². The van der Waals surface area contributed by atoms with E-state index in [1.807, 2.05) is 18.2 Å². The number of benzene rings is 1. The summed E-state index contributed by atoms with van der Waals surface area (Å²) in [5.41, 5.74) is 1.26. The van der Waals surface area contributed by atoms with Crippen molar-refractivity contribution in [3.63, 3.8) is 0 Å². The van der Waals surface area contributed by atoms with Crippen molar-refractivity contribution in [3.8, 4) is 0 Å². The van der Waals surface area contributed by atoms with Gasteiger partial charge in [0, 0.05) is 25.4 Å². The largest absolute Gasteiger partial charge is 0.356 e. The van der Waals surface area contributed by atoms with Gasteiger partial charge in [-0.3, -0.25) is 9.59 Å². The first-order chi connectivity index (χ1) is 9.74. The van der Waals surface area contributed by atoms with Crippen molar-refractivity contribution in [1.82, 2.24) is 10.6 Å². The summed E-state index contributed by atoms with van der Waals surface area (Å²) in [5, 5.41) is 5.80. The first kappa shape index (κ1) is 14.6. The summed E-state index contributed by atoms with van der Waals surface area (Å²) in [6, 6.07) is 10.2. The van der Waals surface area contributed by atoms with Crippen molar-refractivity contribution in [1.29, 1.82) is 0 Å². The van der Waals surface area contributed by atoms with Crippen molar-refractivity contribution >= 4 is 11.8 Å². The van der Waals surface area contributed by atoms with E-state index >= 15 is 0 Å². The average molecular weight is 274 g/mol. The topological polar surface area (TPSA) is 58.2 Å². The quantitative estimate of drug-likeness (QED) is 0.860. The molecule has 0 radical (unpaired) electrons. The van der Waals surface area contributed by atoms with Gasteiger partial charge in [0.05, 0.1) is 0 Å². The number of rotatable bonds is 5. The number of amides is 2. The number of hydrogen-bond donors (Lipinski definition) is 2. The lowest BCUT2D eigenvalue weighted by Crippen LogP contribution is -2.36. The fourth-order valence-corrected chi connectivity index (χ4v) is 2.50. The lowest BCUT2D eigenvalue weighted by atomic mass is 10.1. The van der Waals surface area contributed by atoms with E-state index in [9.17, 15) is 9.59 Å². The highest BCUT2D eigenvalue weighted by molar-refractivity contribution is 5.79. The first-order valence-corrected chi connectivity index (χ1v) is 7.34. The van der Waals surface area contributed by atoms with Crippen LogP contribution < -0.4 is 10.6 Å². The Morgan fingerprint density at radius 2 is 2.10 bits per heavy atom. The molecule has 4 nitrogen and oxygen atoms in total. The zero-order chi connectivity index (χ0) is 14.2. The fourth-order valence-electron chi connectivity index (χ4n) is 2.50. The summed E-state index contributed by atoms with van der Waals surface area (Å²) in [7, 11) is 0. The molecule has 1 heterocycles. The summed E-state index contributed by atoms with van der Waals surface area (Å²) in [5.74, 6) is 0.0951. The van der Waals surface area contributed by atoms with Crippen LogP contribution in [0.4, 0.5) is 0 Å². The Hall–Kier alpha value is -1.84. The minimum Gasteiger partial charge on any atom is -0.356 e. The predicted molar refractivity (Wildman–Crippen MR) is 78.2 cm³/mol. The van der Waals surface area contributed by atoms with Crippen LogP contribution in [0.3, 0.4) is 0 Å². The number of carbonyl (C=O) groups excluding carboxylic acids is 2. The SMILES string of the molecule is O=C1C[C@@H](NC(=O)CCCc2ccccc2)CCCN1. The molecule has 2 rings (SSSR count). The molecule has 2 N–H and O–H groups in total. The molecular weight excluding hydrogens is 252 g/mol. The summed E-state index contributed by atoms with van der Waals surface area (Å²) in [6.07, 6.45) is 4.50. The van der Waals surface area contributed by atoms with E-state index in [0.29, 0.717) is 12.8 Å². The maximum Gasteiger partial charge on any atom is 0.222 e. The Morgan fingerprint density at radius 3 is 2.90 bits per heavy atom. The lowest BCUT2D eigenvalue weighted by molar-refractivity contribution is -0.123. The van der Waals surface area contributed by atoms with Crippen LogP contribution in [0.5, 0.6) is 0 Å². The van der Waals surface area contributed by atoms with Crippen LogP contribution in [-0.4, -0.2) is 24.4 Å². The van der Waals surface area contributed by atoms with E-state index in [2.05, 4.69) is 22.8 Å².